The molecule has 7 N–H and O–H groups in total. The molecular formula is C20H33N3O8. The van der Waals surface area contributed by atoms with E-state index in [0.29, 0.717) is 0 Å². The molecule has 1 unspecified atom stereocenters. The maximum absolute atomic E-state index is 11.2. The molecule has 0 fully saturated rings. The number of nitrogens with one attached hydrogen (secondary N) is 2. The van der Waals surface area contributed by atoms with Crippen LogP contribution < -0.4 is 16.4 Å². The van der Waals surface area contributed by atoms with Gasteiger partial charge in [-0.05, 0) is 20.4 Å². The molecule has 1 aromatic carbocycles. The molecular weight excluding hydrogens is 410 g/mol. The predicted molar refractivity (Wildman–Crippen MR) is 115 cm³/mol. The molecule has 0 aliphatic heterocycles. The predicted octanol–water partition coefficient (Wildman–Crippen LogP) is 1.49. The van der Waals surface area contributed by atoms with Crippen molar-refractivity contribution in [2.75, 3.05) is 13.6 Å². The first-order valence-corrected chi connectivity index (χ1v) is 9.46. The highest BCUT2D eigenvalue weighted by Gasteiger charge is 2.20. The minimum Gasteiger partial charge on any atom is -0.481 e. The quantitative estimate of drug-likeness (QED) is 0.306. The number of hydrogen-bond donors (Lipinski definition) is 6. The number of carboxylic acids is 3. The number of carboxylic acid groups (broad SMARTS) is 3. The summed E-state index contributed by atoms with van der Waals surface area (Å²) in [5, 5.41) is 29.6. The number of aldehydes is 1. The summed E-state index contributed by atoms with van der Waals surface area (Å²) in [4.78, 5) is 52.4. The van der Waals surface area contributed by atoms with Gasteiger partial charge in [-0.25, -0.2) is 9.59 Å². The van der Waals surface area contributed by atoms with Crippen LogP contribution in [0.3, 0.4) is 0 Å². The van der Waals surface area contributed by atoms with Gasteiger partial charge < -0.3 is 31.7 Å². The van der Waals surface area contributed by atoms with Crippen LogP contribution in [0, 0.1) is 6.92 Å². The van der Waals surface area contributed by atoms with Gasteiger partial charge in [-0.2, -0.15) is 0 Å². The van der Waals surface area contributed by atoms with Crippen LogP contribution in [0.2, 0.25) is 0 Å². The van der Waals surface area contributed by atoms with E-state index in [1.807, 2.05) is 50.4 Å². The minimum absolute atomic E-state index is 0.146. The first kappa shape index (κ1) is 32.2. The largest absolute Gasteiger partial charge is 0.481 e. The lowest BCUT2D eigenvalue weighted by atomic mass is 10.1. The molecule has 1 atom stereocenters. The number of benzene rings is 1. The molecule has 1 rings (SSSR count). The van der Waals surface area contributed by atoms with Crippen molar-refractivity contribution in [3.63, 3.8) is 0 Å². The molecule has 0 saturated heterocycles. The Bertz CT molecular complexity index is 663. The number of urea groups is 1. The third-order valence-electron chi connectivity index (χ3n) is 3.09. The summed E-state index contributed by atoms with van der Waals surface area (Å²) in [6.07, 6.45) is -0.0941. The Morgan fingerprint density at radius 2 is 1.45 bits per heavy atom. The number of aliphatic carboxylic acids is 3. The monoisotopic (exact) mass is 443 g/mol. The number of nitrogens with two attached hydrogens (primary N) is 1. The SMILES string of the molecule is CC.CN.Cc1ccc(C=O)cc1.O=C(O)CCNC(=O)NC(CCC(=O)O)C(=O)O. The highest BCUT2D eigenvalue weighted by molar-refractivity contribution is 5.83. The maximum Gasteiger partial charge on any atom is 0.326 e. The van der Waals surface area contributed by atoms with Gasteiger partial charge in [-0.1, -0.05) is 43.7 Å². The molecule has 176 valence electrons. The van der Waals surface area contributed by atoms with E-state index in [1.54, 1.807) is 0 Å². The number of hydrogen-bond acceptors (Lipinski definition) is 6. The lowest BCUT2D eigenvalue weighted by Gasteiger charge is -2.13. The normalized spacial score (nSPS) is 9.58. The van der Waals surface area contributed by atoms with Crippen LogP contribution in [0.5, 0.6) is 0 Å². The zero-order valence-electron chi connectivity index (χ0n) is 18.3. The average molecular weight is 443 g/mol. The van der Waals surface area contributed by atoms with Gasteiger partial charge in [0, 0.05) is 18.5 Å². The van der Waals surface area contributed by atoms with Gasteiger partial charge in [0.25, 0.3) is 0 Å². The molecule has 0 aliphatic rings. The summed E-state index contributed by atoms with van der Waals surface area (Å²) in [6, 6.07) is 5.28. The van der Waals surface area contributed by atoms with E-state index in [-0.39, 0.29) is 19.4 Å². The Morgan fingerprint density at radius 1 is 0.968 bits per heavy atom. The topological polar surface area (TPSA) is 196 Å². The number of carbonyl (C=O) groups excluding carboxylic acids is 2. The van der Waals surface area contributed by atoms with Gasteiger partial charge in [0.05, 0.1) is 6.42 Å². The Morgan fingerprint density at radius 3 is 1.84 bits per heavy atom. The molecule has 11 nitrogen and oxygen atoms in total. The van der Waals surface area contributed by atoms with E-state index < -0.39 is 36.4 Å². The Balaban J connectivity index is -0.000000500. The fourth-order valence-corrected chi connectivity index (χ4v) is 1.66. The smallest absolute Gasteiger partial charge is 0.326 e. The molecule has 11 heteroatoms. The molecule has 1 aromatic rings. The molecule has 0 spiro atoms. The molecule has 0 bridgehead atoms. The van der Waals surface area contributed by atoms with Crippen molar-refractivity contribution in [3.8, 4) is 0 Å². The summed E-state index contributed by atoms with van der Waals surface area (Å²) in [5.74, 6) is -3.63. The third kappa shape index (κ3) is 21.1. The first-order chi connectivity index (χ1) is 14.6. The first-order valence-electron chi connectivity index (χ1n) is 9.46. The molecule has 0 saturated carbocycles. The highest BCUT2D eigenvalue weighted by Crippen LogP contribution is 1.99. The summed E-state index contributed by atoms with van der Waals surface area (Å²) in [6.45, 7) is 5.85. The van der Waals surface area contributed by atoms with E-state index in [2.05, 4.69) is 11.1 Å². The molecule has 0 radical (unpaired) electrons. The number of rotatable bonds is 9. The fraction of sp³-hybridized carbons (Fsp3) is 0.450. The Hall–Kier alpha value is -3.47. The lowest BCUT2D eigenvalue weighted by Crippen LogP contribution is -2.46. The van der Waals surface area contributed by atoms with Crippen molar-refractivity contribution in [2.45, 2.75) is 46.1 Å². The summed E-state index contributed by atoms with van der Waals surface area (Å²) < 4.78 is 0. The zero-order valence-corrected chi connectivity index (χ0v) is 18.3. The van der Waals surface area contributed by atoms with Gasteiger partial charge in [0.2, 0.25) is 0 Å². The van der Waals surface area contributed by atoms with Crippen LogP contribution >= 0.6 is 0 Å². The molecule has 0 aromatic heterocycles. The van der Waals surface area contributed by atoms with Crippen molar-refractivity contribution in [3.05, 3.63) is 35.4 Å². The van der Waals surface area contributed by atoms with Crippen LogP contribution in [0.4, 0.5) is 4.79 Å². The second-order valence-electron chi connectivity index (χ2n) is 5.40. The fourth-order valence-electron chi connectivity index (χ4n) is 1.66. The summed E-state index contributed by atoms with van der Waals surface area (Å²) in [7, 11) is 1.50. The molecule has 31 heavy (non-hydrogen) atoms. The van der Waals surface area contributed by atoms with Gasteiger partial charge in [0.15, 0.2) is 0 Å². The van der Waals surface area contributed by atoms with Crippen LogP contribution in [-0.2, 0) is 14.4 Å². The van der Waals surface area contributed by atoms with E-state index in [4.69, 9.17) is 15.3 Å². The second-order valence-corrected chi connectivity index (χ2v) is 5.40. The Kier molecular flexibility index (Phi) is 22.1. The van der Waals surface area contributed by atoms with Crippen LogP contribution in [0.15, 0.2) is 24.3 Å². The van der Waals surface area contributed by atoms with E-state index in [1.165, 1.54) is 12.6 Å². The standard InChI is InChI=1S/C9H14N2O7.C8H8O.C2H6.CH5N/c12-6(13)2-1-5(8(16)17)11-9(18)10-4-3-7(14)15;1-7-2-4-8(6-9)5-3-7;2*1-2/h5H,1-4H2,(H,12,13)(H,14,15)(H,16,17)(H2,10,11,18);2-6H,1H3;1-2H3;2H2,1H3. The van der Waals surface area contributed by atoms with Crippen molar-refractivity contribution in [1.82, 2.24) is 10.6 Å². The summed E-state index contributed by atoms with van der Waals surface area (Å²) in [5.41, 5.74) is 6.42. The van der Waals surface area contributed by atoms with E-state index in [9.17, 15) is 24.0 Å². The van der Waals surface area contributed by atoms with Gasteiger partial charge >= 0.3 is 23.9 Å². The second kappa shape index (κ2) is 21.2. The minimum atomic E-state index is -1.36. The lowest BCUT2D eigenvalue weighted by molar-refractivity contribution is -0.141. The van der Waals surface area contributed by atoms with Gasteiger partial charge in [-0.15, -0.1) is 0 Å². The van der Waals surface area contributed by atoms with E-state index in [0.717, 1.165) is 11.8 Å². The molecule has 2 amide bonds. The van der Waals surface area contributed by atoms with Crippen LogP contribution in [0.1, 0.15) is 49.0 Å². The molecule has 0 aliphatic carbocycles. The number of carbonyl (C=O) groups is 5. The van der Waals surface area contributed by atoms with Crippen LogP contribution in [-0.4, -0.2) is 65.2 Å². The van der Waals surface area contributed by atoms with E-state index >= 15 is 0 Å². The highest BCUT2D eigenvalue weighted by atomic mass is 16.4. The van der Waals surface area contributed by atoms with Crippen molar-refractivity contribution >= 4 is 30.2 Å². The number of aryl methyl sites for hydroxylation is 1. The van der Waals surface area contributed by atoms with Gasteiger partial charge in [-0.3, -0.25) is 14.4 Å². The summed E-state index contributed by atoms with van der Waals surface area (Å²) >= 11 is 0. The van der Waals surface area contributed by atoms with Crippen molar-refractivity contribution in [1.29, 1.82) is 0 Å². The molecule has 0 heterocycles. The maximum atomic E-state index is 11.2. The Labute approximate surface area is 181 Å². The third-order valence-corrected chi connectivity index (χ3v) is 3.09. The number of amides is 2. The average Bonchev–Trinajstić information content (AvgIpc) is 2.74. The van der Waals surface area contributed by atoms with Crippen molar-refractivity contribution < 1.29 is 39.3 Å². The zero-order chi connectivity index (χ0) is 24.8. The van der Waals surface area contributed by atoms with Crippen LogP contribution in [0.25, 0.3) is 0 Å². The van der Waals surface area contributed by atoms with Gasteiger partial charge in [0.1, 0.15) is 12.3 Å². The van der Waals surface area contributed by atoms with Crippen molar-refractivity contribution in [2.24, 2.45) is 5.73 Å².